The van der Waals surface area contributed by atoms with Gasteiger partial charge in [-0.2, -0.15) is 0 Å². The van der Waals surface area contributed by atoms with E-state index in [4.69, 9.17) is 9.15 Å². The molecule has 1 N–H and O–H groups in total. The first kappa shape index (κ1) is 21.3. The van der Waals surface area contributed by atoms with Crippen LogP contribution in [0.15, 0.2) is 71.4 Å². The molecule has 3 aromatic carbocycles. The normalized spacial score (nSPS) is 11.6. The summed E-state index contributed by atoms with van der Waals surface area (Å²) in [7, 11) is 1.54. The van der Waals surface area contributed by atoms with Crippen LogP contribution in [-0.2, 0) is 4.79 Å². The SMILES string of the molecule is COc1cc2occ(-c3ccc(C)cc3)c2cc1/C(C)=C/C(=O)Nc1ccc(F)cc1F. The zero-order chi connectivity index (χ0) is 22.8. The van der Waals surface area contributed by atoms with Gasteiger partial charge < -0.3 is 14.5 Å². The molecule has 6 heteroatoms. The summed E-state index contributed by atoms with van der Waals surface area (Å²) >= 11 is 0. The van der Waals surface area contributed by atoms with Gasteiger partial charge in [0.15, 0.2) is 0 Å². The lowest BCUT2D eigenvalue weighted by molar-refractivity contribution is -0.111. The third kappa shape index (κ3) is 4.25. The molecule has 0 radical (unpaired) electrons. The largest absolute Gasteiger partial charge is 0.496 e. The maximum absolute atomic E-state index is 13.9. The molecule has 4 aromatic rings. The number of nitrogens with one attached hydrogen (secondary N) is 1. The molecule has 1 heterocycles. The molecule has 0 saturated carbocycles. The first-order valence-corrected chi connectivity index (χ1v) is 9.96. The third-order valence-corrected chi connectivity index (χ3v) is 5.22. The predicted molar refractivity (Wildman–Crippen MR) is 122 cm³/mol. The standard InChI is InChI=1S/C26H21F2NO3/c1-15-4-6-17(7-5-15)21-14-32-25-13-24(31-3)19(12-20(21)25)16(2)10-26(30)29-23-9-8-18(27)11-22(23)28/h4-14H,1-3H3,(H,29,30)/b16-10+. The Labute approximate surface area is 184 Å². The molecule has 0 aliphatic carbocycles. The van der Waals surface area contributed by atoms with Crippen LogP contribution in [-0.4, -0.2) is 13.0 Å². The van der Waals surface area contributed by atoms with Crippen LogP contribution in [0, 0.1) is 18.6 Å². The summed E-state index contributed by atoms with van der Waals surface area (Å²) in [4.78, 5) is 12.5. The van der Waals surface area contributed by atoms with Gasteiger partial charge in [0.05, 0.1) is 19.1 Å². The number of aryl methyl sites for hydroxylation is 1. The molecular weight excluding hydrogens is 412 g/mol. The van der Waals surface area contributed by atoms with E-state index < -0.39 is 17.5 Å². The highest BCUT2D eigenvalue weighted by molar-refractivity contribution is 6.05. The number of hydrogen-bond donors (Lipinski definition) is 1. The van der Waals surface area contributed by atoms with Gasteiger partial charge in [-0.3, -0.25) is 4.79 Å². The van der Waals surface area contributed by atoms with Gasteiger partial charge in [0.2, 0.25) is 5.91 Å². The summed E-state index contributed by atoms with van der Waals surface area (Å²) in [5, 5.41) is 3.31. The second kappa shape index (κ2) is 8.67. The van der Waals surface area contributed by atoms with Crippen molar-refractivity contribution in [3.63, 3.8) is 0 Å². The van der Waals surface area contributed by atoms with Gasteiger partial charge in [0.1, 0.15) is 23.0 Å². The average molecular weight is 433 g/mol. The van der Waals surface area contributed by atoms with Gasteiger partial charge in [-0.15, -0.1) is 0 Å². The van der Waals surface area contributed by atoms with Gasteiger partial charge in [0.25, 0.3) is 0 Å². The van der Waals surface area contributed by atoms with E-state index in [1.807, 2.05) is 37.3 Å². The molecule has 0 spiro atoms. The van der Waals surface area contributed by atoms with E-state index in [1.165, 1.54) is 19.3 Å². The quantitative estimate of drug-likeness (QED) is 0.355. The molecule has 1 aromatic heterocycles. The molecule has 1 amide bonds. The molecule has 4 rings (SSSR count). The second-order valence-electron chi connectivity index (χ2n) is 7.50. The van der Waals surface area contributed by atoms with E-state index in [0.717, 1.165) is 28.1 Å². The molecule has 162 valence electrons. The van der Waals surface area contributed by atoms with Crippen molar-refractivity contribution in [2.24, 2.45) is 0 Å². The Balaban J connectivity index is 1.70. The number of carbonyl (C=O) groups excluding carboxylic acids is 1. The molecule has 0 saturated heterocycles. The van der Waals surface area contributed by atoms with Crippen molar-refractivity contribution >= 4 is 28.1 Å². The van der Waals surface area contributed by atoms with Crippen molar-refractivity contribution in [1.82, 2.24) is 0 Å². The molecule has 0 aliphatic rings. The van der Waals surface area contributed by atoms with E-state index in [-0.39, 0.29) is 5.69 Å². The number of allylic oxidation sites excluding steroid dienone is 1. The van der Waals surface area contributed by atoms with Gasteiger partial charge in [-0.05, 0) is 43.2 Å². The first-order chi connectivity index (χ1) is 15.4. The molecule has 32 heavy (non-hydrogen) atoms. The van der Waals surface area contributed by atoms with E-state index >= 15 is 0 Å². The Morgan fingerprint density at radius 1 is 1.06 bits per heavy atom. The van der Waals surface area contributed by atoms with Crippen molar-refractivity contribution in [2.45, 2.75) is 13.8 Å². The third-order valence-electron chi connectivity index (χ3n) is 5.22. The number of carbonyl (C=O) groups is 1. The Bertz CT molecular complexity index is 1340. The van der Waals surface area contributed by atoms with Gasteiger partial charge in [0, 0.05) is 34.7 Å². The number of amides is 1. The summed E-state index contributed by atoms with van der Waals surface area (Å²) in [5.41, 5.74) is 4.97. The summed E-state index contributed by atoms with van der Waals surface area (Å²) < 4.78 is 38.2. The van der Waals surface area contributed by atoms with E-state index in [2.05, 4.69) is 5.32 Å². The highest BCUT2D eigenvalue weighted by atomic mass is 19.1. The van der Waals surface area contributed by atoms with E-state index in [9.17, 15) is 13.6 Å². The lowest BCUT2D eigenvalue weighted by Gasteiger charge is -2.10. The van der Waals surface area contributed by atoms with Crippen molar-refractivity contribution in [3.8, 4) is 16.9 Å². The first-order valence-electron chi connectivity index (χ1n) is 9.96. The molecule has 0 fully saturated rings. The van der Waals surface area contributed by atoms with Gasteiger partial charge in [-0.1, -0.05) is 29.8 Å². The van der Waals surface area contributed by atoms with Crippen LogP contribution >= 0.6 is 0 Å². The molecule has 0 atom stereocenters. The monoisotopic (exact) mass is 433 g/mol. The number of anilines is 1. The van der Waals surface area contributed by atoms with Crippen LogP contribution in [0.3, 0.4) is 0 Å². The molecule has 0 unspecified atom stereocenters. The summed E-state index contributed by atoms with van der Waals surface area (Å²) in [5.74, 6) is -1.56. The predicted octanol–water partition coefficient (Wildman–Crippen LogP) is 6.74. The van der Waals surface area contributed by atoms with E-state index in [0.29, 0.717) is 28.5 Å². The molecule has 0 bridgehead atoms. The minimum Gasteiger partial charge on any atom is -0.496 e. The number of halogens is 2. The molecule has 0 aliphatic heterocycles. The highest BCUT2D eigenvalue weighted by Crippen LogP contribution is 2.37. The topological polar surface area (TPSA) is 51.5 Å². The van der Waals surface area contributed by atoms with Crippen molar-refractivity contribution in [3.05, 3.63) is 89.7 Å². The fourth-order valence-electron chi connectivity index (χ4n) is 3.52. The number of fused-ring (bicyclic) bond motifs is 1. The zero-order valence-corrected chi connectivity index (χ0v) is 17.8. The van der Waals surface area contributed by atoms with Crippen LogP contribution in [0.4, 0.5) is 14.5 Å². The van der Waals surface area contributed by atoms with Gasteiger partial charge >= 0.3 is 0 Å². The van der Waals surface area contributed by atoms with Crippen LogP contribution in [0.25, 0.3) is 27.7 Å². The van der Waals surface area contributed by atoms with E-state index in [1.54, 1.807) is 19.3 Å². The van der Waals surface area contributed by atoms with Crippen LogP contribution in [0.2, 0.25) is 0 Å². The highest BCUT2D eigenvalue weighted by Gasteiger charge is 2.15. The van der Waals surface area contributed by atoms with Crippen molar-refractivity contribution < 1.29 is 22.7 Å². The average Bonchev–Trinajstić information content (AvgIpc) is 3.18. The smallest absolute Gasteiger partial charge is 0.248 e. The Morgan fingerprint density at radius 2 is 1.81 bits per heavy atom. The minimum absolute atomic E-state index is 0.0978. The number of ether oxygens (including phenoxy) is 1. The van der Waals surface area contributed by atoms with Crippen LogP contribution < -0.4 is 10.1 Å². The summed E-state index contributed by atoms with van der Waals surface area (Å²) in [6, 6.07) is 14.8. The van der Waals surface area contributed by atoms with Crippen molar-refractivity contribution in [2.75, 3.05) is 12.4 Å². The summed E-state index contributed by atoms with van der Waals surface area (Å²) in [6.45, 7) is 3.78. The maximum atomic E-state index is 13.9. The number of benzene rings is 3. The second-order valence-corrected chi connectivity index (χ2v) is 7.50. The van der Waals surface area contributed by atoms with Crippen molar-refractivity contribution in [1.29, 1.82) is 0 Å². The van der Waals surface area contributed by atoms with Crippen LogP contribution in [0.5, 0.6) is 5.75 Å². The maximum Gasteiger partial charge on any atom is 0.248 e. The minimum atomic E-state index is -0.843. The number of hydrogen-bond acceptors (Lipinski definition) is 3. The van der Waals surface area contributed by atoms with Gasteiger partial charge in [-0.25, -0.2) is 8.78 Å². The Morgan fingerprint density at radius 3 is 2.50 bits per heavy atom. The summed E-state index contributed by atoms with van der Waals surface area (Å²) in [6.07, 6.45) is 3.04. The Kier molecular flexibility index (Phi) is 5.77. The lowest BCUT2D eigenvalue weighted by atomic mass is 9.99. The molecular formula is C26H21F2NO3. The number of furan rings is 1. The Hall–Kier alpha value is -3.93. The zero-order valence-electron chi connectivity index (χ0n) is 17.8. The lowest BCUT2D eigenvalue weighted by Crippen LogP contribution is -2.10. The fraction of sp³-hybridized carbons (Fsp3) is 0.115. The number of rotatable bonds is 5. The fourth-order valence-corrected chi connectivity index (χ4v) is 3.52. The number of methoxy groups -OCH3 is 1. The molecule has 4 nitrogen and oxygen atoms in total. The van der Waals surface area contributed by atoms with Crippen LogP contribution in [0.1, 0.15) is 18.1 Å².